The first-order valence-corrected chi connectivity index (χ1v) is 7.70. The van der Waals surface area contributed by atoms with Gasteiger partial charge in [-0.05, 0) is 12.8 Å². The zero-order valence-corrected chi connectivity index (χ0v) is 11.8. The molecule has 1 fully saturated rings. The van der Waals surface area contributed by atoms with Crippen LogP contribution in [0.15, 0.2) is 0 Å². The van der Waals surface area contributed by atoms with Gasteiger partial charge in [0, 0.05) is 32.7 Å². The number of hydrogen-bond donors (Lipinski definition) is 1. The molecule has 5 nitrogen and oxygen atoms in total. The smallest absolute Gasteiger partial charge is 0.219 e. The van der Waals surface area contributed by atoms with Gasteiger partial charge in [-0.1, -0.05) is 13.8 Å². The summed E-state index contributed by atoms with van der Waals surface area (Å²) in [6.45, 7) is 9.24. The van der Waals surface area contributed by atoms with Crippen LogP contribution in [0, 0.1) is 5.92 Å². The fourth-order valence-corrected chi connectivity index (χ4v) is 3.40. The summed E-state index contributed by atoms with van der Waals surface area (Å²) in [4.78, 5) is 2.29. The fourth-order valence-electron chi connectivity index (χ4n) is 2.03. The van der Waals surface area contributed by atoms with Gasteiger partial charge >= 0.3 is 0 Å². The summed E-state index contributed by atoms with van der Waals surface area (Å²) in [5.41, 5.74) is 0. The fraction of sp³-hybridized carbons (Fsp3) is 1.00. The SMILES string of the molecule is CC(C)CN1CCN(S(=O)(=O)C(C)CO)CC1. The molecule has 0 saturated carbocycles. The van der Waals surface area contributed by atoms with Crippen LogP contribution >= 0.6 is 0 Å². The molecule has 1 saturated heterocycles. The number of piperazine rings is 1. The zero-order valence-electron chi connectivity index (χ0n) is 11.0. The highest BCUT2D eigenvalue weighted by Gasteiger charge is 2.31. The molecule has 0 amide bonds. The van der Waals surface area contributed by atoms with Gasteiger partial charge in [0.2, 0.25) is 10.0 Å². The highest BCUT2D eigenvalue weighted by atomic mass is 32.2. The molecular weight excluding hydrogens is 240 g/mol. The molecule has 0 bridgehead atoms. The van der Waals surface area contributed by atoms with Crippen molar-refractivity contribution in [3.63, 3.8) is 0 Å². The summed E-state index contributed by atoms with van der Waals surface area (Å²) in [7, 11) is -3.31. The third kappa shape index (κ3) is 3.91. The number of sulfonamides is 1. The lowest BCUT2D eigenvalue weighted by Crippen LogP contribution is -2.51. The lowest BCUT2D eigenvalue weighted by atomic mass is 10.2. The molecule has 0 spiro atoms. The van der Waals surface area contributed by atoms with E-state index in [-0.39, 0.29) is 6.61 Å². The minimum Gasteiger partial charge on any atom is -0.395 e. The van der Waals surface area contributed by atoms with Crippen LogP contribution < -0.4 is 0 Å². The predicted octanol–water partition coefficient (Wildman–Crippen LogP) is -0.0294. The normalized spacial score (nSPS) is 21.9. The van der Waals surface area contributed by atoms with Crippen molar-refractivity contribution >= 4 is 10.0 Å². The molecule has 0 aliphatic carbocycles. The van der Waals surface area contributed by atoms with Crippen molar-refractivity contribution in [3.05, 3.63) is 0 Å². The Labute approximate surface area is 104 Å². The summed E-state index contributed by atoms with van der Waals surface area (Å²) in [5, 5.41) is 8.26. The van der Waals surface area contributed by atoms with E-state index in [9.17, 15) is 8.42 Å². The van der Waals surface area contributed by atoms with Crippen molar-refractivity contribution in [1.29, 1.82) is 0 Å². The highest BCUT2D eigenvalue weighted by molar-refractivity contribution is 7.89. The summed E-state index contributed by atoms with van der Waals surface area (Å²) in [5.74, 6) is 0.606. The maximum absolute atomic E-state index is 12.0. The first-order valence-electron chi connectivity index (χ1n) is 6.20. The molecule has 0 aromatic heterocycles. The lowest BCUT2D eigenvalue weighted by molar-refractivity contribution is 0.170. The Bertz CT molecular complexity index is 322. The minimum atomic E-state index is -3.31. The zero-order chi connectivity index (χ0) is 13.1. The lowest BCUT2D eigenvalue weighted by Gasteiger charge is -2.35. The van der Waals surface area contributed by atoms with E-state index in [0.29, 0.717) is 19.0 Å². The van der Waals surface area contributed by atoms with Gasteiger partial charge in [-0.15, -0.1) is 0 Å². The van der Waals surface area contributed by atoms with Crippen molar-refractivity contribution in [2.75, 3.05) is 39.3 Å². The van der Waals surface area contributed by atoms with Crippen LogP contribution in [0.5, 0.6) is 0 Å². The molecule has 0 aromatic rings. The maximum atomic E-state index is 12.0. The quantitative estimate of drug-likeness (QED) is 0.757. The topological polar surface area (TPSA) is 60.9 Å². The van der Waals surface area contributed by atoms with Gasteiger partial charge in [0.25, 0.3) is 0 Å². The van der Waals surface area contributed by atoms with Gasteiger partial charge in [-0.2, -0.15) is 4.31 Å². The molecule has 1 rings (SSSR count). The monoisotopic (exact) mass is 264 g/mol. The van der Waals surface area contributed by atoms with E-state index in [1.165, 1.54) is 4.31 Å². The molecule has 6 heteroatoms. The molecule has 102 valence electrons. The molecule has 0 radical (unpaired) electrons. The molecule has 1 aliphatic rings. The second kappa shape index (κ2) is 6.13. The number of rotatable bonds is 5. The number of hydrogen-bond acceptors (Lipinski definition) is 4. The molecule has 1 aliphatic heterocycles. The van der Waals surface area contributed by atoms with Crippen LogP contribution in [-0.4, -0.2) is 67.3 Å². The van der Waals surface area contributed by atoms with Gasteiger partial charge in [0.05, 0.1) is 11.9 Å². The van der Waals surface area contributed by atoms with E-state index in [1.807, 2.05) is 0 Å². The number of nitrogens with zero attached hydrogens (tertiary/aromatic N) is 2. The summed E-state index contributed by atoms with van der Waals surface area (Å²) < 4.78 is 25.5. The van der Waals surface area contributed by atoms with Crippen molar-refractivity contribution in [2.24, 2.45) is 5.92 Å². The predicted molar refractivity (Wildman–Crippen MR) is 68.3 cm³/mol. The van der Waals surface area contributed by atoms with E-state index >= 15 is 0 Å². The molecule has 1 atom stereocenters. The summed E-state index contributed by atoms with van der Waals surface area (Å²) in [6.07, 6.45) is 0. The molecular formula is C11H24N2O3S. The first kappa shape index (κ1) is 14.9. The van der Waals surface area contributed by atoms with E-state index in [1.54, 1.807) is 6.92 Å². The van der Waals surface area contributed by atoms with Crippen LogP contribution in [0.2, 0.25) is 0 Å². The molecule has 0 aromatic carbocycles. The Kier molecular flexibility index (Phi) is 5.37. The van der Waals surface area contributed by atoms with E-state index in [0.717, 1.165) is 19.6 Å². The largest absolute Gasteiger partial charge is 0.395 e. The molecule has 1 unspecified atom stereocenters. The molecule has 1 N–H and O–H groups in total. The second-order valence-electron chi connectivity index (χ2n) is 5.13. The minimum absolute atomic E-state index is 0.311. The number of aliphatic hydroxyl groups excluding tert-OH is 1. The molecule has 1 heterocycles. The Hall–Kier alpha value is -0.170. The van der Waals surface area contributed by atoms with E-state index in [4.69, 9.17) is 5.11 Å². The van der Waals surface area contributed by atoms with Crippen LogP contribution in [0.1, 0.15) is 20.8 Å². The van der Waals surface area contributed by atoms with E-state index in [2.05, 4.69) is 18.7 Å². The average molecular weight is 264 g/mol. The Morgan fingerprint density at radius 3 is 2.06 bits per heavy atom. The Balaban J connectivity index is 2.52. The van der Waals surface area contributed by atoms with Crippen molar-refractivity contribution < 1.29 is 13.5 Å². The average Bonchev–Trinajstić information content (AvgIpc) is 2.27. The third-order valence-corrected chi connectivity index (χ3v) is 5.33. The Morgan fingerprint density at radius 1 is 1.12 bits per heavy atom. The van der Waals surface area contributed by atoms with Crippen molar-refractivity contribution in [1.82, 2.24) is 9.21 Å². The first-order chi connectivity index (χ1) is 7.87. The molecule has 17 heavy (non-hydrogen) atoms. The van der Waals surface area contributed by atoms with Gasteiger partial charge < -0.3 is 10.0 Å². The van der Waals surface area contributed by atoms with Gasteiger partial charge in [0.15, 0.2) is 0 Å². The highest BCUT2D eigenvalue weighted by Crippen LogP contribution is 2.13. The van der Waals surface area contributed by atoms with Gasteiger partial charge in [-0.25, -0.2) is 8.42 Å². The summed E-state index contributed by atoms with van der Waals surface area (Å²) in [6, 6.07) is 0. The maximum Gasteiger partial charge on any atom is 0.219 e. The number of aliphatic hydroxyl groups is 1. The Morgan fingerprint density at radius 2 is 1.65 bits per heavy atom. The van der Waals surface area contributed by atoms with Crippen molar-refractivity contribution in [2.45, 2.75) is 26.0 Å². The van der Waals surface area contributed by atoms with E-state index < -0.39 is 15.3 Å². The van der Waals surface area contributed by atoms with Crippen LogP contribution in [-0.2, 0) is 10.0 Å². The summed E-state index contributed by atoms with van der Waals surface area (Å²) >= 11 is 0. The van der Waals surface area contributed by atoms with Crippen molar-refractivity contribution in [3.8, 4) is 0 Å². The van der Waals surface area contributed by atoms with Crippen LogP contribution in [0.4, 0.5) is 0 Å². The van der Waals surface area contributed by atoms with Gasteiger partial charge in [0.1, 0.15) is 0 Å². The second-order valence-corrected chi connectivity index (χ2v) is 7.48. The van der Waals surface area contributed by atoms with Gasteiger partial charge in [-0.3, -0.25) is 0 Å². The third-order valence-electron chi connectivity index (χ3n) is 3.08. The van der Waals surface area contributed by atoms with Crippen LogP contribution in [0.25, 0.3) is 0 Å². The van der Waals surface area contributed by atoms with Crippen LogP contribution in [0.3, 0.4) is 0 Å². The standard InChI is InChI=1S/C11H24N2O3S/c1-10(2)8-12-4-6-13(7-5-12)17(15,16)11(3)9-14/h10-11,14H,4-9H2,1-3H3.